The fraction of sp³-hybridized carbons (Fsp3) is 0.455. The fourth-order valence-electron chi connectivity index (χ4n) is 1.97. The first kappa shape index (κ1) is 9.75. The SMILES string of the molecule is CC(C)(C)N1Cc2ccccc2B1O. The van der Waals surface area contributed by atoms with Crippen molar-refractivity contribution in [2.24, 2.45) is 0 Å². The van der Waals surface area contributed by atoms with Crippen molar-refractivity contribution < 1.29 is 5.02 Å². The van der Waals surface area contributed by atoms with Crippen molar-refractivity contribution in [3.8, 4) is 0 Å². The van der Waals surface area contributed by atoms with Crippen LogP contribution in [0.3, 0.4) is 0 Å². The van der Waals surface area contributed by atoms with Gasteiger partial charge in [-0.2, -0.15) is 0 Å². The van der Waals surface area contributed by atoms with E-state index in [0.717, 1.165) is 12.0 Å². The maximum Gasteiger partial charge on any atom is 0.416 e. The normalized spacial score (nSPS) is 17.3. The van der Waals surface area contributed by atoms with Gasteiger partial charge in [-0.3, -0.25) is 0 Å². The standard InChI is InChI=1S/C11H16BNO/c1-11(2,3)13-8-9-6-4-5-7-10(9)12(13)14/h4-7,14H,8H2,1-3H3. The molecule has 0 fully saturated rings. The molecule has 0 atom stereocenters. The van der Waals surface area contributed by atoms with Crippen molar-refractivity contribution in [2.75, 3.05) is 0 Å². The third-order valence-corrected chi connectivity index (χ3v) is 2.83. The van der Waals surface area contributed by atoms with Crippen LogP contribution in [0.5, 0.6) is 0 Å². The quantitative estimate of drug-likeness (QED) is 0.615. The van der Waals surface area contributed by atoms with E-state index in [9.17, 15) is 5.02 Å². The summed E-state index contributed by atoms with van der Waals surface area (Å²) in [5, 5.41) is 10.1. The van der Waals surface area contributed by atoms with E-state index < -0.39 is 7.05 Å². The van der Waals surface area contributed by atoms with Crippen molar-refractivity contribution in [2.45, 2.75) is 32.9 Å². The van der Waals surface area contributed by atoms with Crippen LogP contribution < -0.4 is 5.46 Å². The van der Waals surface area contributed by atoms with Gasteiger partial charge in [-0.05, 0) is 31.8 Å². The van der Waals surface area contributed by atoms with Gasteiger partial charge in [0.2, 0.25) is 0 Å². The zero-order valence-corrected chi connectivity index (χ0v) is 8.99. The zero-order chi connectivity index (χ0) is 10.3. The Hall–Kier alpha value is -0.795. The maximum absolute atomic E-state index is 10.1. The highest BCUT2D eigenvalue weighted by Crippen LogP contribution is 2.22. The molecule has 0 saturated carbocycles. The zero-order valence-electron chi connectivity index (χ0n) is 8.99. The Bertz CT molecular complexity index is 345. The predicted octanol–water partition coefficient (Wildman–Crippen LogP) is 0.988. The molecule has 14 heavy (non-hydrogen) atoms. The first-order valence-electron chi connectivity index (χ1n) is 5.03. The summed E-state index contributed by atoms with van der Waals surface area (Å²) in [6, 6.07) is 8.10. The van der Waals surface area contributed by atoms with Gasteiger partial charge < -0.3 is 9.83 Å². The number of rotatable bonds is 0. The molecule has 0 bridgehead atoms. The molecule has 2 nitrogen and oxygen atoms in total. The number of hydrogen-bond acceptors (Lipinski definition) is 2. The molecule has 1 aromatic rings. The molecule has 1 heterocycles. The smallest absolute Gasteiger partial charge is 0.416 e. The van der Waals surface area contributed by atoms with E-state index in [1.165, 1.54) is 5.56 Å². The Kier molecular flexibility index (Phi) is 2.16. The first-order valence-corrected chi connectivity index (χ1v) is 5.03. The Labute approximate surface area is 85.7 Å². The summed E-state index contributed by atoms with van der Waals surface area (Å²) < 4.78 is 0. The monoisotopic (exact) mass is 189 g/mol. The van der Waals surface area contributed by atoms with Crippen LogP contribution in [0, 0.1) is 0 Å². The van der Waals surface area contributed by atoms with Gasteiger partial charge >= 0.3 is 7.05 Å². The minimum Gasteiger partial charge on any atom is -0.433 e. The molecule has 2 rings (SSSR count). The van der Waals surface area contributed by atoms with Crippen LogP contribution in [-0.2, 0) is 6.54 Å². The molecule has 74 valence electrons. The molecule has 1 N–H and O–H groups in total. The second-order valence-electron chi connectivity index (χ2n) is 4.87. The van der Waals surface area contributed by atoms with Crippen LogP contribution in [0.15, 0.2) is 24.3 Å². The van der Waals surface area contributed by atoms with E-state index >= 15 is 0 Å². The first-order chi connectivity index (χ1) is 6.50. The second-order valence-corrected chi connectivity index (χ2v) is 4.87. The van der Waals surface area contributed by atoms with E-state index in [4.69, 9.17) is 0 Å². The number of fused-ring (bicyclic) bond motifs is 1. The highest BCUT2D eigenvalue weighted by atomic mass is 16.2. The minimum absolute atomic E-state index is 0.0123. The Morgan fingerprint density at radius 2 is 1.93 bits per heavy atom. The molecule has 0 radical (unpaired) electrons. The van der Waals surface area contributed by atoms with Gasteiger partial charge in [-0.15, -0.1) is 0 Å². The summed E-state index contributed by atoms with van der Waals surface area (Å²) in [6.45, 7) is 7.23. The van der Waals surface area contributed by atoms with Gasteiger partial charge in [0.15, 0.2) is 0 Å². The maximum atomic E-state index is 10.1. The number of nitrogens with zero attached hydrogens (tertiary/aromatic N) is 1. The summed E-state index contributed by atoms with van der Waals surface area (Å²) in [4.78, 5) is 2.11. The van der Waals surface area contributed by atoms with Crippen molar-refractivity contribution >= 4 is 12.5 Å². The molecule has 1 aliphatic heterocycles. The second kappa shape index (κ2) is 3.11. The van der Waals surface area contributed by atoms with Crippen LogP contribution in [-0.4, -0.2) is 22.4 Å². The number of hydrogen-bond donors (Lipinski definition) is 1. The van der Waals surface area contributed by atoms with Crippen molar-refractivity contribution in [3.63, 3.8) is 0 Å². The largest absolute Gasteiger partial charge is 0.433 e. The van der Waals surface area contributed by atoms with Gasteiger partial charge in [0.1, 0.15) is 0 Å². The lowest BCUT2D eigenvalue weighted by Gasteiger charge is -2.33. The van der Waals surface area contributed by atoms with Crippen molar-refractivity contribution in [1.29, 1.82) is 0 Å². The molecule has 0 saturated heterocycles. The molecule has 0 spiro atoms. The van der Waals surface area contributed by atoms with Crippen LogP contribution in [0.25, 0.3) is 0 Å². The van der Waals surface area contributed by atoms with Gasteiger partial charge in [-0.25, -0.2) is 0 Å². The fourth-order valence-corrected chi connectivity index (χ4v) is 1.97. The van der Waals surface area contributed by atoms with E-state index in [0.29, 0.717) is 0 Å². The summed E-state index contributed by atoms with van der Waals surface area (Å²) in [6.07, 6.45) is 0. The topological polar surface area (TPSA) is 23.5 Å². The molecule has 1 aromatic carbocycles. The lowest BCUT2D eigenvalue weighted by molar-refractivity contribution is 0.224. The average Bonchev–Trinajstić information content (AvgIpc) is 2.44. The Morgan fingerprint density at radius 1 is 1.29 bits per heavy atom. The summed E-state index contributed by atoms with van der Waals surface area (Å²) in [7, 11) is -0.439. The van der Waals surface area contributed by atoms with Crippen molar-refractivity contribution in [3.05, 3.63) is 29.8 Å². The van der Waals surface area contributed by atoms with E-state index in [1.807, 2.05) is 18.2 Å². The Morgan fingerprint density at radius 3 is 2.50 bits per heavy atom. The minimum atomic E-state index is -0.439. The van der Waals surface area contributed by atoms with Crippen LogP contribution in [0.4, 0.5) is 0 Å². The third-order valence-electron chi connectivity index (χ3n) is 2.83. The predicted molar refractivity (Wildman–Crippen MR) is 59.3 cm³/mol. The molecule has 0 aliphatic carbocycles. The molecular formula is C11H16BNO. The number of benzene rings is 1. The van der Waals surface area contributed by atoms with E-state index in [-0.39, 0.29) is 5.54 Å². The lowest BCUT2D eigenvalue weighted by Crippen LogP contribution is -2.51. The third kappa shape index (κ3) is 1.47. The highest BCUT2D eigenvalue weighted by molar-refractivity contribution is 6.65. The molecule has 0 unspecified atom stereocenters. The van der Waals surface area contributed by atoms with Crippen LogP contribution in [0.1, 0.15) is 26.3 Å². The summed E-state index contributed by atoms with van der Waals surface area (Å²) in [5.74, 6) is 0. The van der Waals surface area contributed by atoms with Gasteiger partial charge in [-0.1, -0.05) is 24.3 Å². The molecule has 0 amide bonds. The van der Waals surface area contributed by atoms with Crippen molar-refractivity contribution in [1.82, 2.24) is 4.81 Å². The van der Waals surface area contributed by atoms with Crippen LogP contribution in [0.2, 0.25) is 0 Å². The van der Waals surface area contributed by atoms with E-state index in [1.54, 1.807) is 0 Å². The molecule has 3 heteroatoms. The molecule has 0 aromatic heterocycles. The Balaban J connectivity index is 2.35. The van der Waals surface area contributed by atoms with Gasteiger partial charge in [0, 0.05) is 12.1 Å². The van der Waals surface area contributed by atoms with Crippen LogP contribution >= 0.6 is 0 Å². The molecular weight excluding hydrogens is 173 g/mol. The highest BCUT2D eigenvalue weighted by Gasteiger charge is 2.39. The lowest BCUT2D eigenvalue weighted by atomic mass is 9.72. The van der Waals surface area contributed by atoms with E-state index in [2.05, 4.69) is 31.6 Å². The average molecular weight is 189 g/mol. The summed E-state index contributed by atoms with van der Waals surface area (Å²) >= 11 is 0. The van der Waals surface area contributed by atoms with Gasteiger partial charge in [0.05, 0.1) is 0 Å². The van der Waals surface area contributed by atoms with Gasteiger partial charge in [0.25, 0.3) is 0 Å². The molecule has 1 aliphatic rings. The summed E-state index contributed by atoms with van der Waals surface area (Å²) in [5.41, 5.74) is 2.32.